The van der Waals surface area contributed by atoms with Crippen molar-refractivity contribution in [2.24, 2.45) is 0 Å². The Labute approximate surface area is 106 Å². The molecule has 92 valence electrons. The minimum Gasteiger partial charge on any atom is -0.486 e. The Bertz CT molecular complexity index is 404. The number of aryl methyl sites for hydroxylation is 1. The molecule has 4 heteroatoms. The van der Waals surface area contributed by atoms with Gasteiger partial charge in [0.25, 0.3) is 0 Å². The van der Waals surface area contributed by atoms with E-state index < -0.39 is 0 Å². The Morgan fingerprint density at radius 1 is 1.18 bits per heavy atom. The van der Waals surface area contributed by atoms with Crippen molar-refractivity contribution in [2.75, 3.05) is 13.2 Å². The first-order valence-electron chi connectivity index (χ1n) is 5.82. The van der Waals surface area contributed by atoms with Crippen LogP contribution in [0.2, 0.25) is 0 Å². The smallest absolute Gasteiger partial charge is 0.221 e. The van der Waals surface area contributed by atoms with Gasteiger partial charge in [0.15, 0.2) is 11.5 Å². The molecule has 0 amide bonds. The summed E-state index contributed by atoms with van der Waals surface area (Å²) in [4.78, 5) is 10.6. The average molecular weight is 255 g/mol. The van der Waals surface area contributed by atoms with E-state index in [1.54, 1.807) is 0 Å². The first-order valence-corrected chi connectivity index (χ1v) is 6.20. The lowest BCUT2D eigenvalue weighted by atomic mass is 10.1. The van der Waals surface area contributed by atoms with Gasteiger partial charge in [-0.05, 0) is 48.6 Å². The molecule has 1 aromatic rings. The number of fused-ring (bicyclic) bond motifs is 1. The molecule has 0 atom stereocenters. The Balaban J connectivity index is 1.86. The van der Waals surface area contributed by atoms with Crippen LogP contribution >= 0.6 is 11.6 Å². The molecule has 0 aliphatic carbocycles. The Morgan fingerprint density at radius 2 is 1.94 bits per heavy atom. The minimum absolute atomic E-state index is 0.257. The summed E-state index contributed by atoms with van der Waals surface area (Å²) in [6.45, 7) is 1.22. The van der Waals surface area contributed by atoms with Gasteiger partial charge in [-0.25, -0.2) is 0 Å². The highest BCUT2D eigenvalue weighted by atomic mass is 35.5. The van der Waals surface area contributed by atoms with Crippen molar-refractivity contribution in [1.29, 1.82) is 0 Å². The van der Waals surface area contributed by atoms with E-state index in [0.29, 0.717) is 19.6 Å². The second kappa shape index (κ2) is 5.92. The molecule has 0 saturated heterocycles. The molecule has 0 aromatic heterocycles. The van der Waals surface area contributed by atoms with Crippen molar-refractivity contribution in [2.45, 2.75) is 25.7 Å². The van der Waals surface area contributed by atoms with Crippen LogP contribution in [0.1, 0.15) is 24.8 Å². The molecule has 0 unspecified atom stereocenters. The molecule has 0 bridgehead atoms. The van der Waals surface area contributed by atoms with Crippen LogP contribution in [0.3, 0.4) is 0 Å². The monoisotopic (exact) mass is 254 g/mol. The third-order valence-corrected chi connectivity index (χ3v) is 2.88. The van der Waals surface area contributed by atoms with E-state index >= 15 is 0 Å². The lowest BCUT2D eigenvalue weighted by molar-refractivity contribution is -0.111. The molecule has 0 saturated carbocycles. The number of halogens is 1. The number of unbranched alkanes of at least 4 members (excludes halogenated alkanes) is 1. The molecule has 3 nitrogen and oxygen atoms in total. The highest BCUT2D eigenvalue weighted by Crippen LogP contribution is 2.31. The van der Waals surface area contributed by atoms with Gasteiger partial charge in [0.05, 0.1) is 0 Å². The second-order valence-electron chi connectivity index (χ2n) is 4.04. The number of hydrogen-bond acceptors (Lipinski definition) is 3. The molecule has 0 radical (unpaired) electrons. The predicted octanol–water partition coefficient (Wildman–Crippen LogP) is 2.94. The Morgan fingerprint density at radius 3 is 2.71 bits per heavy atom. The zero-order chi connectivity index (χ0) is 12.1. The van der Waals surface area contributed by atoms with Crippen LogP contribution in [0, 0.1) is 0 Å². The summed E-state index contributed by atoms with van der Waals surface area (Å²) in [5, 5.41) is -0.257. The van der Waals surface area contributed by atoms with E-state index in [1.807, 2.05) is 18.2 Å². The normalized spacial score (nSPS) is 13.5. The fourth-order valence-electron chi connectivity index (χ4n) is 1.84. The number of rotatable bonds is 5. The zero-order valence-electron chi connectivity index (χ0n) is 9.58. The zero-order valence-corrected chi connectivity index (χ0v) is 10.3. The van der Waals surface area contributed by atoms with E-state index in [2.05, 4.69) is 0 Å². The van der Waals surface area contributed by atoms with Gasteiger partial charge in [-0.3, -0.25) is 4.79 Å². The Hall–Kier alpha value is -1.22. The minimum atomic E-state index is -0.257. The summed E-state index contributed by atoms with van der Waals surface area (Å²) in [6.07, 6.45) is 3.17. The van der Waals surface area contributed by atoms with Crippen LogP contribution < -0.4 is 9.47 Å². The molecule has 1 aromatic carbocycles. The third-order valence-electron chi connectivity index (χ3n) is 2.70. The molecule has 0 spiro atoms. The molecule has 17 heavy (non-hydrogen) atoms. The maximum atomic E-state index is 10.6. The lowest BCUT2D eigenvalue weighted by Crippen LogP contribution is -2.15. The van der Waals surface area contributed by atoms with Gasteiger partial charge >= 0.3 is 0 Å². The topological polar surface area (TPSA) is 35.5 Å². The molecule has 2 rings (SSSR count). The van der Waals surface area contributed by atoms with Crippen LogP contribution in [0.5, 0.6) is 11.5 Å². The number of carbonyl (C=O) groups excluding carboxylic acids is 1. The highest BCUT2D eigenvalue weighted by Gasteiger charge is 2.11. The van der Waals surface area contributed by atoms with E-state index in [9.17, 15) is 4.79 Å². The van der Waals surface area contributed by atoms with Gasteiger partial charge in [0.1, 0.15) is 13.2 Å². The van der Waals surface area contributed by atoms with Gasteiger partial charge in [0.2, 0.25) is 5.24 Å². The van der Waals surface area contributed by atoms with Gasteiger partial charge in [0, 0.05) is 6.42 Å². The van der Waals surface area contributed by atoms with Crippen LogP contribution in [-0.4, -0.2) is 18.5 Å². The maximum Gasteiger partial charge on any atom is 0.221 e. The van der Waals surface area contributed by atoms with E-state index in [0.717, 1.165) is 30.8 Å². The first-order chi connectivity index (χ1) is 8.25. The van der Waals surface area contributed by atoms with Crippen LogP contribution in [0.25, 0.3) is 0 Å². The van der Waals surface area contributed by atoms with Gasteiger partial charge in [-0.15, -0.1) is 0 Å². The predicted molar refractivity (Wildman–Crippen MR) is 65.8 cm³/mol. The number of hydrogen-bond donors (Lipinski definition) is 0. The quantitative estimate of drug-likeness (QED) is 0.599. The summed E-state index contributed by atoms with van der Waals surface area (Å²) in [7, 11) is 0. The summed E-state index contributed by atoms with van der Waals surface area (Å²) >= 11 is 5.28. The highest BCUT2D eigenvalue weighted by molar-refractivity contribution is 6.63. The molecular weight excluding hydrogens is 240 g/mol. The van der Waals surface area contributed by atoms with Gasteiger partial charge in [-0.2, -0.15) is 0 Å². The molecule has 1 aliphatic rings. The standard InChI is InChI=1S/C13H15ClO3/c14-13(15)4-2-1-3-10-5-6-11-12(9-10)17-8-7-16-11/h5-6,9H,1-4,7-8H2. The van der Waals surface area contributed by atoms with Crippen molar-refractivity contribution >= 4 is 16.8 Å². The Kier molecular flexibility index (Phi) is 4.26. The van der Waals surface area contributed by atoms with E-state index in [4.69, 9.17) is 21.1 Å². The SMILES string of the molecule is O=C(Cl)CCCCc1ccc2c(c1)OCCO2. The summed E-state index contributed by atoms with van der Waals surface area (Å²) in [5.74, 6) is 1.64. The van der Waals surface area contributed by atoms with Crippen molar-refractivity contribution in [3.8, 4) is 11.5 Å². The third kappa shape index (κ3) is 3.63. The second-order valence-corrected chi connectivity index (χ2v) is 4.46. The molecule has 1 aliphatic heterocycles. The van der Waals surface area contributed by atoms with Crippen LogP contribution in [0.15, 0.2) is 18.2 Å². The molecule has 1 heterocycles. The summed E-state index contributed by atoms with van der Waals surface area (Å²) in [5.41, 5.74) is 1.20. The van der Waals surface area contributed by atoms with Gasteiger partial charge in [-0.1, -0.05) is 6.07 Å². The van der Waals surface area contributed by atoms with Crippen molar-refractivity contribution < 1.29 is 14.3 Å². The average Bonchev–Trinajstić information content (AvgIpc) is 2.34. The largest absolute Gasteiger partial charge is 0.486 e. The molecule has 0 N–H and O–H groups in total. The molecule has 0 fully saturated rings. The summed E-state index contributed by atoms with van der Waals surface area (Å²) in [6, 6.07) is 5.99. The lowest BCUT2D eigenvalue weighted by Gasteiger charge is -2.18. The summed E-state index contributed by atoms with van der Waals surface area (Å²) < 4.78 is 11.0. The van der Waals surface area contributed by atoms with Crippen molar-refractivity contribution in [1.82, 2.24) is 0 Å². The first kappa shape index (κ1) is 12.2. The fourth-order valence-corrected chi connectivity index (χ4v) is 1.97. The van der Waals surface area contributed by atoms with E-state index in [1.165, 1.54) is 5.56 Å². The van der Waals surface area contributed by atoms with Crippen molar-refractivity contribution in [3.63, 3.8) is 0 Å². The fraction of sp³-hybridized carbons (Fsp3) is 0.462. The number of benzene rings is 1. The molecular formula is C13H15ClO3. The number of ether oxygens (including phenoxy) is 2. The number of carbonyl (C=O) groups is 1. The van der Waals surface area contributed by atoms with Gasteiger partial charge < -0.3 is 9.47 Å². The van der Waals surface area contributed by atoms with Crippen LogP contribution in [-0.2, 0) is 11.2 Å². The maximum absolute atomic E-state index is 10.6. The van der Waals surface area contributed by atoms with Crippen molar-refractivity contribution in [3.05, 3.63) is 23.8 Å². The van der Waals surface area contributed by atoms with E-state index in [-0.39, 0.29) is 5.24 Å². The van der Waals surface area contributed by atoms with Crippen LogP contribution in [0.4, 0.5) is 0 Å².